The first-order valence-electron chi connectivity index (χ1n) is 13.7. The lowest BCUT2D eigenvalue weighted by molar-refractivity contribution is -0.120. The second kappa shape index (κ2) is 15.1. The van der Waals surface area contributed by atoms with Crippen LogP contribution in [0, 0.1) is 6.08 Å². The maximum absolute atomic E-state index is 13.3. The number of nitrogens with one attached hydrogen (secondary N) is 2. The van der Waals surface area contributed by atoms with Crippen LogP contribution in [0.2, 0.25) is 0 Å². The molecule has 2 amide bonds. The van der Waals surface area contributed by atoms with Gasteiger partial charge in [-0.1, -0.05) is 59.4 Å². The minimum atomic E-state index is -0.342. The number of nitrogens with zero attached hydrogens (tertiary/aromatic N) is 5. The van der Waals surface area contributed by atoms with Crippen LogP contribution in [-0.2, 0) is 28.9 Å². The smallest absolute Gasteiger partial charge is 0.250 e. The van der Waals surface area contributed by atoms with E-state index < -0.39 is 0 Å². The van der Waals surface area contributed by atoms with Gasteiger partial charge in [0.15, 0.2) is 0 Å². The summed E-state index contributed by atoms with van der Waals surface area (Å²) < 4.78 is 0. The van der Waals surface area contributed by atoms with Gasteiger partial charge in [-0.2, -0.15) is 11.8 Å². The van der Waals surface area contributed by atoms with E-state index in [0.29, 0.717) is 16.7 Å². The number of benzene rings is 1. The van der Waals surface area contributed by atoms with Crippen molar-refractivity contribution in [1.29, 1.82) is 0 Å². The highest BCUT2D eigenvalue weighted by Crippen LogP contribution is 2.24. The highest BCUT2D eigenvalue weighted by Gasteiger charge is 2.33. The zero-order chi connectivity index (χ0) is 28.3. The van der Waals surface area contributed by atoms with Gasteiger partial charge in [0.2, 0.25) is 16.2 Å². The quantitative estimate of drug-likeness (QED) is 0.212. The van der Waals surface area contributed by atoms with Crippen LogP contribution in [0.15, 0.2) is 60.2 Å². The number of carbonyl (C=O) groups excluding carboxylic acids is 2. The maximum Gasteiger partial charge on any atom is 0.250 e. The van der Waals surface area contributed by atoms with Crippen molar-refractivity contribution in [1.82, 2.24) is 25.3 Å². The van der Waals surface area contributed by atoms with Gasteiger partial charge >= 0.3 is 0 Å². The van der Waals surface area contributed by atoms with Gasteiger partial charge in [-0.15, -0.1) is 20.4 Å². The van der Waals surface area contributed by atoms with Crippen LogP contribution in [0.1, 0.15) is 34.8 Å². The Morgan fingerprint density at radius 3 is 2.27 bits per heavy atom. The van der Waals surface area contributed by atoms with Crippen molar-refractivity contribution in [3.8, 4) is 0 Å². The van der Waals surface area contributed by atoms with Gasteiger partial charge in [0.05, 0.1) is 24.1 Å². The Morgan fingerprint density at radius 1 is 0.927 bits per heavy atom. The summed E-state index contributed by atoms with van der Waals surface area (Å²) in [5, 5.41) is 25.5. The third-order valence-electron chi connectivity index (χ3n) is 6.60. The molecule has 1 atom stereocenters. The summed E-state index contributed by atoms with van der Waals surface area (Å²) in [5.41, 5.74) is 1.94. The molecule has 2 aliphatic rings. The number of piperidine rings is 1. The maximum atomic E-state index is 13.3. The van der Waals surface area contributed by atoms with E-state index in [1.165, 1.54) is 29.1 Å². The van der Waals surface area contributed by atoms with Gasteiger partial charge < -0.3 is 5.32 Å². The molecule has 1 aliphatic heterocycles. The first-order valence-corrected chi connectivity index (χ1v) is 16.5. The molecule has 1 saturated heterocycles. The lowest BCUT2D eigenvalue weighted by atomic mass is 9.98. The average molecular weight is 607 g/mol. The van der Waals surface area contributed by atoms with E-state index >= 15 is 0 Å². The van der Waals surface area contributed by atoms with Gasteiger partial charge in [-0.25, -0.2) is 0 Å². The van der Waals surface area contributed by atoms with Crippen molar-refractivity contribution in [3.05, 3.63) is 81.9 Å². The Morgan fingerprint density at radius 2 is 1.61 bits per heavy atom. The van der Waals surface area contributed by atoms with Crippen molar-refractivity contribution >= 4 is 56.5 Å². The number of allylic oxidation sites excluding steroid dienone is 4. The first kappa shape index (κ1) is 29.2. The van der Waals surface area contributed by atoms with Gasteiger partial charge in [-0.3, -0.25) is 19.8 Å². The van der Waals surface area contributed by atoms with Crippen molar-refractivity contribution in [2.45, 2.75) is 44.6 Å². The Kier molecular flexibility index (Phi) is 10.8. The molecule has 12 heteroatoms. The van der Waals surface area contributed by atoms with Gasteiger partial charge in [0.1, 0.15) is 28.2 Å². The highest BCUT2D eigenvalue weighted by atomic mass is 32.2. The van der Waals surface area contributed by atoms with Gasteiger partial charge in [0.25, 0.3) is 5.91 Å². The van der Waals surface area contributed by atoms with Crippen LogP contribution >= 0.6 is 34.4 Å². The van der Waals surface area contributed by atoms with Gasteiger partial charge in [-0.05, 0) is 43.0 Å². The van der Waals surface area contributed by atoms with Crippen LogP contribution in [0.5, 0.6) is 0 Å². The van der Waals surface area contributed by atoms with Crippen molar-refractivity contribution in [3.63, 3.8) is 0 Å². The molecule has 9 nitrogen and oxygen atoms in total. The summed E-state index contributed by atoms with van der Waals surface area (Å²) in [6.45, 7) is 1.83. The van der Waals surface area contributed by atoms with Crippen LogP contribution in [-0.4, -0.2) is 67.7 Å². The second-order valence-corrected chi connectivity index (χ2v) is 13.0. The normalized spacial score (nSPS) is 15.7. The third-order valence-corrected chi connectivity index (χ3v) is 9.38. The minimum Gasteiger partial charge on any atom is -0.300 e. The van der Waals surface area contributed by atoms with E-state index in [1.807, 2.05) is 54.6 Å². The summed E-state index contributed by atoms with van der Waals surface area (Å²) in [7, 11) is 0. The molecule has 212 valence electrons. The lowest BCUT2D eigenvalue weighted by Gasteiger charge is -2.32. The summed E-state index contributed by atoms with van der Waals surface area (Å²) in [4.78, 5) is 27.8. The standard InChI is InChI=1S/C29H31N7O2S3/c37-23(20-21-10-4-1-5-11-21)30-28-34-32-24(40-28)14-18-39-19-15-25-33-35-29(41-25)31-27(38)26(22-12-6-2-7-13-22)36-16-8-3-9-17-36/h1,4-7,10-13,26H,3,8-9,14-20H2,(H-,30,31,34,35,37,38)/p+1. The topological polar surface area (TPSA) is 113 Å². The lowest BCUT2D eigenvalue weighted by Crippen LogP contribution is -2.47. The highest BCUT2D eigenvalue weighted by molar-refractivity contribution is 7.99. The summed E-state index contributed by atoms with van der Waals surface area (Å²) >= 11 is 4.65. The number of hydrogen-bond donors (Lipinski definition) is 2. The van der Waals surface area contributed by atoms with Crippen molar-refractivity contribution in [2.24, 2.45) is 0 Å². The van der Waals surface area contributed by atoms with Crippen LogP contribution in [0.25, 0.3) is 0 Å². The number of likely N-dealkylation sites (tertiary alicyclic amines) is 1. The summed E-state index contributed by atoms with van der Waals surface area (Å²) in [6.07, 6.45) is 16.0. The number of aryl methyl sites for hydroxylation is 2. The summed E-state index contributed by atoms with van der Waals surface area (Å²) in [5.74, 6) is 1.62. The Balaban J connectivity index is 1.03. The second-order valence-electron chi connectivity index (χ2n) is 9.65. The van der Waals surface area contributed by atoms with E-state index in [-0.39, 0.29) is 17.9 Å². The molecule has 3 heterocycles. The Bertz CT molecular complexity index is 1390. The molecular weight excluding hydrogens is 575 g/mol. The zero-order valence-corrected chi connectivity index (χ0v) is 25.1. The molecule has 0 bridgehead atoms. The minimum absolute atomic E-state index is 0.0668. The first-order chi connectivity index (χ1) is 20.1. The van der Waals surface area contributed by atoms with Crippen molar-refractivity contribution < 1.29 is 9.59 Å². The molecular formula is C29H32N7O2S3+. The van der Waals surface area contributed by atoms with E-state index in [0.717, 1.165) is 71.4 Å². The molecule has 41 heavy (non-hydrogen) atoms. The van der Waals surface area contributed by atoms with Crippen LogP contribution in [0.3, 0.4) is 0 Å². The fourth-order valence-corrected chi connectivity index (χ4v) is 7.27. The van der Waals surface area contributed by atoms with E-state index in [1.54, 1.807) is 11.8 Å². The predicted octanol–water partition coefficient (Wildman–Crippen LogP) is 4.74. The number of rotatable bonds is 13. The molecule has 1 aromatic carbocycles. The predicted molar refractivity (Wildman–Crippen MR) is 166 cm³/mol. The van der Waals surface area contributed by atoms with E-state index in [9.17, 15) is 9.59 Å². The number of hydrogen-bond acceptors (Lipinski definition) is 10. The summed E-state index contributed by atoms with van der Waals surface area (Å²) in [6, 6.07) is 9.28. The van der Waals surface area contributed by atoms with Crippen molar-refractivity contribution in [2.75, 3.05) is 35.2 Å². The number of anilines is 2. The Labute approximate surface area is 252 Å². The molecule has 3 aromatic rings. The fourth-order valence-electron chi connectivity index (χ4n) is 4.64. The molecule has 1 fully saturated rings. The van der Waals surface area contributed by atoms with E-state index in [2.05, 4.69) is 42.0 Å². The number of carbonyl (C=O) groups is 2. The number of thioether (sulfide) groups is 1. The molecule has 1 aliphatic carbocycles. The molecule has 0 spiro atoms. The molecule has 2 N–H and O–H groups in total. The average Bonchev–Trinajstić information content (AvgIpc) is 3.63. The third kappa shape index (κ3) is 8.85. The zero-order valence-electron chi connectivity index (χ0n) is 22.6. The number of amides is 2. The molecule has 1 unspecified atom stereocenters. The fraction of sp³-hybridized carbons (Fsp3) is 0.379. The Hall–Kier alpha value is -3.28. The monoisotopic (exact) mass is 606 g/mol. The number of aromatic nitrogens is 4. The van der Waals surface area contributed by atoms with Crippen LogP contribution in [0.4, 0.5) is 10.3 Å². The molecule has 0 saturated carbocycles. The largest absolute Gasteiger partial charge is 0.300 e. The molecule has 5 rings (SSSR count). The van der Waals surface area contributed by atoms with E-state index in [4.69, 9.17) is 0 Å². The molecule has 2 aromatic heterocycles. The molecule has 0 radical (unpaired) electrons. The van der Waals surface area contributed by atoms with Gasteiger partial charge in [0, 0.05) is 18.9 Å². The van der Waals surface area contributed by atoms with Crippen LogP contribution < -0.4 is 10.6 Å². The SMILES string of the molecule is O=C(Cc1ccccc1)Nc1nnc(CCSCCc2nnc(NC(=O)C(C3=CC=[C+]C=C3)N3CCCCC3)s2)s1.